The van der Waals surface area contributed by atoms with Crippen LogP contribution in [0.1, 0.15) is 5.56 Å². The van der Waals surface area contributed by atoms with Crippen molar-refractivity contribution in [2.45, 2.75) is 18.6 Å². The van der Waals surface area contributed by atoms with Crippen LogP contribution in [0.15, 0.2) is 54.6 Å². The van der Waals surface area contributed by atoms with E-state index < -0.39 is 6.10 Å². The van der Waals surface area contributed by atoms with E-state index in [1.807, 2.05) is 54.6 Å². The maximum absolute atomic E-state index is 10.2. The molecule has 0 radical (unpaired) electrons. The van der Waals surface area contributed by atoms with Crippen molar-refractivity contribution in [2.24, 2.45) is 0 Å². The lowest BCUT2D eigenvalue weighted by atomic mass is 10.1. The second-order valence-electron chi connectivity index (χ2n) is 6.24. The van der Waals surface area contributed by atoms with Crippen LogP contribution in [-0.4, -0.2) is 58.0 Å². The molecule has 0 aliphatic rings. The Morgan fingerprint density at radius 2 is 1.56 bits per heavy atom. The van der Waals surface area contributed by atoms with E-state index in [1.54, 1.807) is 14.2 Å². The Labute approximate surface area is 161 Å². The molecule has 148 valence electrons. The number of aliphatic hydroxyl groups is 1. The van der Waals surface area contributed by atoms with Crippen molar-refractivity contribution in [3.05, 3.63) is 60.2 Å². The Kier molecular flexibility index (Phi) is 9.65. The first-order valence-electron chi connectivity index (χ1n) is 9.00. The predicted molar refractivity (Wildman–Crippen MR) is 104 cm³/mol. The molecule has 0 unspecified atom stereocenters. The Bertz CT molecular complexity index is 620. The number of hydrogen-bond donors (Lipinski definition) is 2. The molecule has 0 amide bonds. The number of ether oxygens (including phenoxy) is 4. The van der Waals surface area contributed by atoms with E-state index in [4.69, 9.17) is 18.9 Å². The van der Waals surface area contributed by atoms with Crippen molar-refractivity contribution in [1.82, 2.24) is 5.32 Å². The monoisotopic (exact) mass is 375 g/mol. The first-order chi connectivity index (χ1) is 13.2. The minimum atomic E-state index is -0.602. The van der Waals surface area contributed by atoms with Crippen molar-refractivity contribution < 1.29 is 24.1 Å². The SMILES string of the molecule is COCOc1ccc(C[C@@H](COC)NC[C@H](O)COc2ccccc2)cc1. The van der Waals surface area contributed by atoms with Gasteiger partial charge in [0.2, 0.25) is 0 Å². The molecule has 0 saturated carbocycles. The average Bonchev–Trinajstić information content (AvgIpc) is 2.71. The predicted octanol–water partition coefficient (Wildman–Crippen LogP) is 2.26. The third-order valence-corrected chi connectivity index (χ3v) is 3.94. The van der Waals surface area contributed by atoms with Crippen LogP contribution < -0.4 is 14.8 Å². The zero-order valence-corrected chi connectivity index (χ0v) is 16.0. The summed E-state index contributed by atoms with van der Waals surface area (Å²) >= 11 is 0. The highest BCUT2D eigenvalue weighted by atomic mass is 16.7. The molecule has 2 N–H and O–H groups in total. The van der Waals surface area contributed by atoms with Crippen LogP contribution in [0.5, 0.6) is 11.5 Å². The fourth-order valence-corrected chi connectivity index (χ4v) is 2.60. The van der Waals surface area contributed by atoms with Crippen molar-refractivity contribution in [2.75, 3.05) is 40.8 Å². The molecule has 0 aromatic heterocycles. The molecule has 27 heavy (non-hydrogen) atoms. The van der Waals surface area contributed by atoms with Crippen LogP contribution in [-0.2, 0) is 15.9 Å². The van der Waals surface area contributed by atoms with Crippen molar-refractivity contribution >= 4 is 0 Å². The molecule has 0 saturated heterocycles. The van der Waals surface area contributed by atoms with E-state index in [0.717, 1.165) is 23.5 Å². The fourth-order valence-electron chi connectivity index (χ4n) is 2.60. The minimum absolute atomic E-state index is 0.0899. The number of para-hydroxylation sites is 1. The van der Waals surface area contributed by atoms with Crippen molar-refractivity contribution in [1.29, 1.82) is 0 Å². The van der Waals surface area contributed by atoms with Gasteiger partial charge in [-0.05, 0) is 36.2 Å². The summed E-state index contributed by atoms with van der Waals surface area (Å²) in [4.78, 5) is 0. The molecule has 0 fully saturated rings. The maximum Gasteiger partial charge on any atom is 0.188 e. The van der Waals surface area contributed by atoms with Crippen LogP contribution in [0, 0.1) is 0 Å². The Morgan fingerprint density at radius 1 is 0.852 bits per heavy atom. The van der Waals surface area contributed by atoms with Gasteiger partial charge in [0.15, 0.2) is 6.79 Å². The molecule has 6 heteroatoms. The van der Waals surface area contributed by atoms with Crippen molar-refractivity contribution in [3.63, 3.8) is 0 Å². The van der Waals surface area contributed by atoms with Crippen molar-refractivity contribution in [3.8, 4) is 11.5 Å². The number of methoxy groups -OCH3 is 2. The quantitative estimate of drug-likeness (QED) is 0.524. The summed E-state index contributed by atoms with van der Waals surface area (Å²) in [5.41, 5.74) is 1.16. The second kappa shape index (κ2) is 12.3. The third-order valence-electron chi connectivity index (χ3n) is 3.94. The normalized spacial score (nSPS) is 13.1. The van der Waals surface area contributed by atoms with Crippen LogP contribution >= 0.6 is 0 Å². The molecule has 0 spiro atoms. The average molecular weight is 375 g/mol. The summed E-state index contributed by atoms with van der Waals surface area (Å²) < 4.78 is 21.2. The van der Waals surface area contributed by atoms with E-state index in [9.17, 15) is 5.11 Å². The van der Waals surface area contributed by atoms with Gasteiger partial charge in [0.25, 0.3) is 0 Å². The smallest absolute Gasteiger partial charge is 0.188 e. The molecule has 6 nitrogen and oxygen atoms in total. The van der Waals surface area contributed by atoms with Gasteiger partial charge in [-0.2, -0.15) is 0 Å². The third kappa shape index (κ3) is 8.41. The zero-order chi connectivity index (χ0) is 19.3. The van der Waals surface area contributed by atoms with E-state index in [-0.39, 0.29) is 19.4 Å². The molecule has 0 heterocycles. The standard InChI is InChI=1S/C21H29NO5/c1-24-14-18(12-17-8-10-21(11-9-17)27-16-25-2)22-13-19(23)15-26-20-6-4-3-5-7-20/h3-11,18-19,22-23H,12-16H2,1-2H3/t18-,19-/m0/s1. The Balaban J connectivity index is 1.76. The first kappa shape index (κ1) is 21.2. The van der Waals surface area contributed by atoms with Crippen LogP contribution in [0.4, 0.5) is 0 Å². The van der Waals surface area contributed by atoms with Gasteiger partial charge in [-0.25, -0.2) is 0 Å². The van der Waals surface area contributed by atoms with Gasteiger partial charge in [-0.3, -0.25) is 0 Å². The Morgan fingerprint density at radius 3 is 2.22 bits per heavy atom. The molecule has 0 aliphatic heterocycles. The number of rotatable bonds is 13. The van der Waals surface area contributed by atoms with E-state index >= 15 is 0 Å². The molecule has 0 bridgehead atoms. The number of hydrogen-bond acceptors (Lipinski definition) is 6. The van der Waals surface area contributed by atoms with E-state index in [1.165, 1.54) is 0 Å². The molecular formula is C21H29NO5. The lowest BCUT2D eigenvalue weighted by Crippen LogP contribution is -2.41. The Hall–Kier alpha value is -2.12. The van der Waals surface area contributed by atoms with Gasteiger partial charge in [0.05, 0.1) is 6.61 Å². The van der Waals surface area contributed by atoms with Gasteiger partial charge in [-0.15, -0.1) is 0 Å². The summed E-state index contributed by atoms with van der Waals surface area (Å²) in [5.74, 6) is 1.52. The number of benzene rings is 2. The van der Waals surface area contributed by atoms with Gasteiger partial charge < -0.3 is 29.4 Å². The van der Waals surface area contributed by atoms with Gasteiger partial charge >= 0.3 is 0 Å². The molecule has 2 rings (SSSR count). The molecule has 0 aliphatic carbocycles. The van der Waals surface area contributed by atoms with Gasteiger partial charge in [-0.1, -0.05) is 30.3 Å². The van der Waals surface area contributed by atoms with Crippen LogP contribution in [0.2, 0.25) is 0 Å². The second-order valence-corrected chi connectivity index (χ2v) is 6.24. The fraction of sp³-hybridized carbons (Fsp3) is 0.429. The molecular weight excluding hydrogens is 346 g/mol. The zero-order valence-electron chi connectivity index (χ0n) is 16.0. The maximum atomic E-state index is 10.2. The summed E-state index contributed by atoms with van der Waals surface area (Å²) in [5, 5.41) is 13.5. The highest BCUT2D eigenvalue weighted by Gasteiger charge is 2.13. The van der Waals surface area contributed by atoms with Gasteiger partial charge in [0, 0.05) is 26.8 Å². The van der Waals surface area contributed by atoms with E-state index in [0.29, 0.717) is 13.2 Å². The summed E-state index contributed by atoms with van der Waals surface area (Å²) in [6.45, 7) is 1.45. The van der Waals surface area contributed by atoms with Crippen LogP contribution in [0.25, 0.3) is 0 Å². The first-order valence-corrected chi connectivity index (χ1v) is 9.00. The molecule has 2 aromatic rings. The molecule has 2 aromatic carbocycles. The van der Waals surface area contributed by atoms with Gasteiger partial charge in [0.1, 0.15) is 24.2 Å². The summed E-state index contributed by atoms with van der Waals surface area (Å²) in [6.07, 6.45) is 0.180. The lowest BCUT2D eigenvalue weighted by Gasteiger charge is -2.20. The summed E-state index contributed by atoms with van der Waals surface area (Å²) in [7, 11) is 3.26. The lowest BCUT2D eigenvalue weighted by molar-refractivity contribution is 0.0511. The number of aliphatic hydroxyl groups excluding tert-OH is 1. The van der Waals surface area contributed by atoms with Crippen LogP contribution in [0.3, 0.4) is 0 Å². The van der Waals surface area contributed by atoms with E-state index in [2.05, 4.69) is 5.32 Å². The molecule has 2 atom stereocenters. The number of nitrogens with one attached hydrogen (secondary N) is 1. The highest BCUT2D eigenvalue weighted by molar-refractivity contribution is 5.27. The summed E-state index contributed by atoms with van der Waals surface area (Å²) in [6, 6.07) is 17.4. The largest absolute Gasteiger partial charge is 0.491 e. The minimum Gasteiger partial charge on any atom is -0.491 e. The topological polar surface area (TPSA) is 69.2 Å². The highest BCUT2D eigenvalue weighted by Crippen LogP contribution is 2.14.